The van der Waals surface area contributed by atoms with Gasteiger partial charge in [-0.15, -0.1) is 0 Å². The van der Waals surface area contributed by atoms with Gasteiger partial charge < -0.3 is 5.32 Å². The Hall–Kier alpha value is -0.980. The molecule has 1 aliphatic rings. The number of hydrogen-bond donors (Lipinski definition) is 1. The minimum absolute atomic E-state index is 0.985. The van der Waals surface area contributed by atoms with Gasteiger partial charge in [-0.1, -0.05) is 31.7 Å². The Morgan fingerprint density at radius 3 is 2.31 bits per heavy atom. The van der Waals surface area contributed by atoms with Crippen molar-refractivity contribution in [3.8, 4) is 0 Å². The number of hydrogen-bond acceptors (Lipinski definition) is 1. The number of anilines is 1. The molecule has 1 heteroatoms. The van der Waals surface area contributed by atoms with Crippen molar-refractivity contribution in [3.63, 3.8) is 0 Å². The number of benzene rings is 1. The van der Waals surface area contributed by atoms with Crippen molar-refractivity contribution >= 4 is 5.69 Å². The summed E-state index contributed by atoms with van der Waals surface area (Å²) in [7, 11) is 0. The van der Waals surface area contributed by atoms with Crippen molar-refractivity contribution in [1.29, 1.82) is 0 Å². The molecule has 0 aliphatic heterocycles. The summed E-state index contributed by atoms with van der Waals surface area (Å²) in [6.45, 7) is 5.46. The van der Waals surface area contributed by atoms with Crippen molar-refractivity contribution in [1.82, 2.24) is 0 Å². The fraction of sp³-hybridized carbons (Fsp3) is 0.600. The van der Waals surface area contributed by atoms with Gasteiger partial charge in [0.25, 0.3) is 0 Å². The molecule has 0 amide bonds. The second-order valence-corrected chi connectivity index (χ2v) is 5.24. The largest absolute Gasteiger partial charge is 0.385 e. The summed E-state index contributed by atoms with van der Waals surface area (Å²) in [5, 5.41) is 3.55. The van der Waals surface area contributed by atoms with Gasteiger partial charge in [0, 0.05) is 12.2 Å². The Bertz CT molecular complexity index is 317. The summed E-state index contributed by atoms with van der Waals surface area (Å²) in [5.41, 5.74) is 3.99. The van der Waals surface area contributed by atoms with Crippen molar-refractivity contribution < 1.29 is 0 Å². The Kier molecular flexibility index (Phi) is 3.87. The van der Waals surface area contributed by atoms with Crippen molar-refractivity contribution in [3.05, 3.63) is 29.3 Å². The third kappa shape index (κ3) is 3.26. The van der Waals surface area contributed by atoms with Crippen LogP contribution in [0.5, 0.6) is 0 Å². The Labute approximate surface area is 99.3 Å². The first-order valence-corrected chi connectivity index (χ1v) is 6.56. The van der Waals surface area contributed by atoms with E-state index in [0.717, 1.165) is 12.5 Å². The highest BCUT2D eigenvalue weighted by molar-refractivity contribution is 5.48. The van der Waals surface area contributed by atoms with Crippen LogP contribution in [0, 0.1) is 19.8 Å². The third-order valence-corrected chi connectivity index (χ3v) is 3.58. The van der Waals surface area contributed by atoms with Crippen LogP contribution in [0.15, 0.2) is 18.2 Å². The molecule has 1 aliphatic carbocycles. The first-order chi connectivity index (χ1) is 7.74. The van der Waals surface area contributed by atoms with Crippen LogP contribution in [-0.4, -0.2) is 6.54 Å². The molecule has 0 atom stereocenters. The molecule has 1 N–H and O–H groups in total. The van der Waals surface area contributed by atoms with Crippen molar-refractivity contribution in [2.75, 3.05) is 11.9 Å². The molecule has 0 aromatic heterocycles. The molecule has 16 heavy (non-hydrogen) atoms. The monoisotopic (exact) mass is 217 g/mol. The first kappa shape index (κ1) is 11.5. The topological polar surface area (TPSA) is 12.0 Å². The van der Waals surface area contributed by atoms with Crippen LogP contribution in [0.3, 0.4) is 0 Å². The summed E-state index contributed by atoms with van der Waals surface area (Å²) in [6.07, 6.45) is 7.15. The molecule has 0 unspecified atom stereocenters. The normalized spacial score (nSPS) is 16.6. The highest BCUT2D eigenvalue weighted by atomic mass is 14.9. The Morgan fingerprint density at radius 2 is 1.69 bits per heavy atom. The molecule has 1 aromatic rings. The van der Waals surface area contributed by atoms with E-state index in [-0.39, 0.29) is 0 Å². The van der Waals surface area contributed by atoms with Crippen LogP contribution in [0.1, 0.15) is 43.2 Å². The molecule has 1 fully saturated rings. The minimum atomic E-state index is 0.985. The van der Waals surface area contributed by atoms with Crippen LogP contribution in [0.25, 0.3) is 0 Å². The van der Waals surface area contributed by atoms with Crippen molar-refractivity contribution in [2.45, 2.75) is 46.0 Å². The van der Waals surface area contributed by atoms with E-state index in [1.165, 1.54) is 48.9 Å². The molecule has 88 valence electrons. The molecule has 2 rings (SSSR count). The highest BCUT2D eigenvalue weighted by Gasteiger charge is 2.13. The molecule has 0 spiro atoms. The smallest absolute Gasteiger partial charge is 0.0345 e. The average molecular weight is 217 g/mol. The average Bonchev–Trinajstić information content (AvgIpc) is 2.69. The number of nitrogens with one attached hydrogen (secondary N) is 1. The van der Waals surface area contributed by atoms with E-state index in [0.29, 0.717) is 0 Å². The number of rotatable bonds is 4. The second kappa shape index (κ2) is 5.38. The maximum Gasteiger partial charge on any atom is 0.0345 e. The van der Waals surface area contributed by atoms with E-state index in [1.807, 2.05) is 0 Å². The van der Waals surface area contributed by atoms with E-state index in [9.17, 15) is 0 Å². The standard InChI is InChI=1S/C15H23N/c1-12-9-13(2)11-15(10-12)16-8-7-14-5-3-4-6-14/h9-11,14,16H,3-8H2,1-2H3. The number of aryl methyl sites for hydroxylation is 2. The van der Waals surface area contributed by atoms with Gasteiger partial charge in [0.15, 0.2) is 0 Å². The van der Waals surface area contributed by atoms with Crippen LogP contribution in [-0.2, 0) is 0 Å². The SMILES string of the molecule is Cc1cc(C)cc(NCCC2CCCC2)c1. The van der Waals surface area contributed by atoms with Gasteiger partial charge in [0.1, 0.15) is 0 Å². The van der Waals surface area contributed by atoms with Gasteiger partial charge >= 0.3 is 0 Å². The van der Waals surface area contributed by atoms with E-state index >= 15 is 0 Å². The quantitative estimate of drug-likeness (QED) is 0.793. The molecule has 0 heterocycles. The molecule has 1 nitrogen and oxygen atoms in total. The zero-order valence-corrected chi connectivity index (χ0v) is 10.6. The molecule has 1 saturated carbocycles. The fourth-order valence-electron chi connectivity index (χ4n) is 2.80. The predicted molar refractivity (Wildman–Crippen MR) is 71.0 cm³/mol. The lowest BCUT2D eigenvalue weighted by atomic mass is 10.0. The second-order valence-electron chi connectivity index (χ2n) is 5.24. The van der Waals surface area contributed by atoms with E-state index in [1.54, 1.807) is 0 Å². The molecule has 0 bridgehead atoms. The zero-order valence-electron chi connectivity index (χ0n) is 10.6. The van der Waals surface area contributed by atoms with Gasteiger partial charge in [-0.05, 0) is 49.4 Å². The van der Waals surface area contributed by atoms with Crippen LogP contribution >= 0.6 is 0 Å². The summed E-state index contributed by atoms with van der Waals surface area (Å²) in [5.74, 6) is 0.985. The van der Waals surface area contributed by atoms with Crippen LogP contribution in [0.2, 0.25) is 0 Å². The molecular weight excluding hydrogens is 194 g/mol. The van der Waals surface area contributed by atoms with Gasteiger partial charge in [-0.25, -0.2) is 0 Å². The zero-order chi connectivity index (χ0) is 11.4. The van der Waals surface area contributed by atoms with Gasteiger partial charge in [-0.2, -0.15) is 0 Å². The summed E-state index contributed by atoms with van der Waals surface area (Å²) >= 11 is 0. The van der Waals surface area contributed by atoms with Gasteiger partial charge in [0.05, 0.1) is 0 Å². The van der Waals surface area contributed by atoms with Crippen LogP contribution < -0.4 is 5.32 Å². The fourth-order valence-corrected chi connectivity index (χ4v) is 2.80. The first-order valence-electron chi connectivity index (χ1n) is 6.56. The molecule has 1 aromatic carbocycles. The van der Waals surface area contributed by atoms with E-state index in [4.69, 9.17) is 0 Å². The lowest BCUT2D eigenvalue weighted by Crippen LogP contribution is -2.06. The Morgan fingerprint density at radius 1 is 1.06 bits per heavy atom. The molecule has 0 radical (unpaired) electrons. The Balaban J connectivity index is 1.80. The summed E-state index contributed by atoms with van der Waals surface area (Å²) in [6, 6.07) is 6.70. The third-order valence-electron chi connectivity index (χ3n) is 3.58. The highest BCUT2D eigenvalue weighted by Crippen LogP contribution is 2.27. The van der Waals surface area contributed by atoms with Gasteiger partial charge in [0.2, 0.25) is 0 Å². The molecule has 0 saturated heterocycles. The van der Waals surface area contributed by atoms with Crippen LogP contribution in [0.4, 0.5) is 5.69 Å². The maximum absolute atomic E-state index is 3.55. The summed E-state index contributed by atoms with van der Waals surface area (Å²) < 4.78 is 0. The molecular formula is C15H23N. The summed E-state index contributed by atoms with van der Waals surface area (Å²) in [4.78, 5) is 0. The van der Waals surface area contributed by atoms with Crippen molar-refractivity contribution in [2.24, 2.45) is 5.92 Å². The van der Waals surface area contributed by atoms with E-state index < -0.39 is 0 Å². The lowest BCUT2D eigenvalue weighted by Gasteiger charge is -2.11. The van der Waals surface area contributed by atoms with E-state index in [2.05, 4.69) is 37.4 Å². The predicted octanol–water partition coefficient (Wildman–Crippen LogP) is 4.30. The van der Waals surface area contributed by atoms with Gasteiger partial charge in [-0.3, -0.25) is 0 Å². The maximum atomic E-state index is 3.55. The minimum Gasteiger partial charge on any atom is -0.385 e. The lowest BCUT2D eigenvalue weighted by molar-refractivity contribution is 0.518.